The van der Waals surface area contributed by atoms with Crippen molar-refractivity contribution in [1.29, 1.82) is 0 Å². The number of rotatable bonds is 3. The number of allylic oxidation sites excluding steroid dienone is 2. The lowest BCUT2D eigenvalue weighted by Crippen LogP contribution is -2.39. The second kappa shape index (κ2) is 4.76. The van der Waals surface area contributed by atoms with Crippen molar-refractivity contribution in [2.24, 2.45) is 0 Å². The standard InChI is InChI=1S/C12H15BrSi/c1-4-11(13)10-14(2,3)12-8-6-5-7-9-12/h4-10H,1H2,2-3H3/b11-10-. The van der Waals surface area contributed by atoms with Crippen LogP contribution in [-0.4, -0.2) is 8.07 Å². The highest BCUT2D eigenvalue weighted by Crippen LogP contribution is 2.13. The van der Waals surface area contributed by atoms with Crippen molar-refractivity contribution < 1.29 is 0 Å². The Bertz CT molecular complexity index is 339. The van der Waals surface area contributed by atoms with Crippen LogP contribution in [0.2, 0.25) is 13.1 Å². The van der Waals surface area contributed by atoms with Crippen molar-refractivity contribution in [1.82, 2.24) is 0 Å². The normalized spacial score (nSPS) is 12.6. The highest BCUT2D eigenvalue weighted by molar-refractivity contribution is 9.11. The maximum atomic E-state index is 3.75. The van der Waals surface area contributed by atoms with Crippen LogP contribution in [0.5, 0.6) is 0 Å². The molecule has 0 saturated carbocycles. The lowest BCUT2D eigenvalue weighted by atomic mass is 10.4. The first kappa shape index (κ1) is 11.5. The Morgan fingerprint density at radius 1 is 1.29 bits per heavy atom. The molecule has 0 fully saturated rings. The molecule has 0 aliphatic heterocycles. The van der Waals surface area contributed by atoms with Gasteiger partial charge in [0.05, 0.1) is 0 Å². The Balaban J connectivity index is 3.02. The summed E-state index contributed by atoms with van der Waals surface area (Å²) in [6.45, 7) is 8.40. The molecule has 0 aliphatic carbocycles. The maximum absolute atomic E-state index is 3.75. The fraction of sp³-hybridized carbons (Fsp3) is 0.167. The molecule has 1 aromatic carbocycles. The fourth-order valence-corrected chi connectivity index (χ4v) is 5.10. The molecule has 0 amide bonds. The van der Waals surface area contributed by atoms with E-state index in [0.29, 0.717) is 0 Å². The highest BCUT2D eigenvalue weighted by atomic mass is 79.9. The van der Waals surface area contributed by atoms with Crippen LogP contribution in [0.3, 0.4) is 0 Å². The summed E-state index contributed by atoms with van der Waals surface area (Å²) in [7, 11) is -1.44. The zero-order valence-corrected chi connectivity index (χ0v) is 11.2. The van der Waals surface area contributed by atoms with Gasteiger partial charge in [-0.3, -0.25) is 0 Å². The van der Waals surface area contributed by atoms with E-state index < -0.39 is 8.07 Å². The third-order valence-corrected chi connectivity index (χ3v) is 6.04. The Morgan fingerprint density at radius 2 is 1.86 bits per heavy atom. The zero-order valence-electron chi connectivity index (χ0n) is 8.63. The Labute approximate surface area is 95.5 Å². The predicted molar refractivity (Wildman–Crippen MR) is 70.8 cm³/mol. The summed E-state index contributed by atoms with van der Waals surface area (Å²) in [5.74, 6) is 0. The van der Waals surface area contributed by atoms with E-state index in [9.17, 15) is 0 Å². The minimum Gasteiger partial charge on any atom is -0.0980 e. The second-order valence-electron chi connectivity index (χ2n) is 3.82. The molecular formula is C12H15BrSi. The average Bonchev–Trinajstić information content (AvgIpc) is 2.18. The van der Waals surface area contributed by atoms with Gasteiger partial charge in [0.25, 0.3) is 0 Å². The molecule has 0 aromatic heterocycles. The maximum Gasteiger partial charge on any atom is 0.105 e. The summed E-state index contributed by atoms with van der Waals surface area (Å²) >= 11 is 3.49. The van der Waals surface area contributed by atoms with E-state index in [4.69, 9.17) is 0 Å². The molecular weight excluding hydrogens is 252 g/mol. The van der Waals surface area contributed by atoms with Crippen LogP contribution in [-0.2, 0) is 0 Å². The number of halogens is 1. The molecule has 0 nitrogen and oxygen atoms in total. The van der Waals surface area contributed by atoms with Crippen LogP contribution in [0, 0.1) is 0 Å². The van der Waals surface area contributed by atoms with Gasteiger partial charge in [0.2, 0.25) is 0 Å². The molecule has 0 unspecified atom stereocenters. The van der Waals surface area contributed by atoms with E-state index in [1.54, 1.807) is 0 Å². The molecule has 0 N–H and O–H groups in total. The van der Waals surface area contributed by atoms with Gasteiger partial charge in [-0.1, -0.05) is 82.9 Å². The van der Waals surface area contributed by atoms with E-state index in [1.165, 1.54) is 5.19 Å². The first-order valence-electron chi connectivity index (χ1n) is 4.62. The van der Waals surface area contributed by atoms with E-state index in [2.05, 4.69) is 71.6 Å². The second-order valence-corrected chi connectivity index (χ2v) is 9.05. The number of hydrogen-bond acceptors (Lipinski definition) is 0. The minimum atomic E-state index is -1.44. The predicted octanol–water partition coefficient (Wildman–Crippen LogP) is 3.61. The number of hydrogen-bond donors (Lipinski definition) is 0. The SMILES string of the molecule is C=C/C(Br)=C/[Si](C)(C)c1ccccc1. The third-order valence-electron chi connectivity index (χ3n) is 2.21. The number of benzene rings is 1. The molecule has 1 rings (SSSR count). The van der Waals surface area contributed by atoms with Gasteiger partial charge in [-0.15, -0.1) is 0 Å². The Hall–Kier alpha value is -0.603. The van der Waals surface area contributed by atoms with Crippen molar-refractivity contribution in [3.8, 4) is 0 Å². The molecule has 74 valence electrons. The summed E-state index contributed by atoms with van der Waals surface area (Å²) in [6.07, 6.45) is 1.84. The van der Waals surface area contributed by atoms with E-state index in [1.807, 2.05) is 6.08 Å². The van der Waals surface area contributed by atoms with Crippen LogP contribution in [0.1, 0.15) is 0 Å². The first-order valence-corrected chi connectivity index (χ1v) is 8.49. The summed E-state index contributed by atoms with van der Waals surface area (Å²) in [5, 5.41) is 1.44. The lowest BCUT2D eigenvalue weighted by molar-refractivity contribution is 1.70. The van der Waals surface area contributed by atoms with Crippen molar-refractivity contribution in [3.63, 3.8) is 0 Å². The smallest absolute Gasteiger partial charge is 0.0980 e. The van der Waals surface area contributed by atoms with Crippen molar-refractivity contribution >= 4 is 29.2 Å². The van der Waals surface area contributed by atoms with E-state index >= 15 is 0 Å². The molecule has 14 heavy (non-hydrogen) atoms. The molecule has 0 spiro atoms. The topological polar surface area (TPSA) is 0 Å². The first-order chi connectivity index (χ1) is 6.56. The van der Waals surface area contributed by atoms with Gasteiger partial charge in [-0.25, -0.2) is 0 Å². The lowest BCUT2D eigenvalue weighted by Gasteiger charge is -2.18. The molecule has 0 heterocycles. The van der Waals surface area contributed by atoms with Crippen molar-refractivity contribution in [2.75, 3.05) is 0 Å². The third kappa shape index (κ3) is 2.96. The highest BCUT2D eigenvalue weighted by Gasteiger charge is 2.19. The van der Waals surface area contributed by atoms with E-state index in [0.717, 1.165) is 4.48 Å². The summed E-state index contributed by atoms with van der Waals surface area (Å²) in [4.78, 5) is 0. The fourth-order valence-electron chi connectivity index (χ4n) is 1.35. The molecule has 2 heteroatoms. The van der Waals surface area contributed by atoms with Gasteiger partial charge >= 0.3 is 0 Å². The van der Waals surface area contributed by atoms with E-state index in [-0.39, 0.29) is 0 Å². The molecule has 0 aliphatic rings. The van der Waals surface area contributed by atoms with Crippen molar-refractivity contribution in [2.45, 2.75) is 13.1 Å². The average molecular weight is 267 g/mol. The van der Waals surface area contributed by atoms with Gasteiger partial charge < -0.3 is 0 Å². The summed E-state index contributed by atoms with van der Waals surface area (Å²) < 4.78 is 1.10. The van der Waals surface area contributed by atoms with Gasteiger partial charge in [-0.2, -0.15) is 0 Å². The largest absolute Gasteiger partial charge is 0.105 e. The Kier molecular flexibility index (Phi) is 3.90. The molecule has 0 saturated heterocycles. The van der Waals surface area contributed by atoms with Gasteiger partial charge in [0.1, 0.15) is 8.07 Å². The molecule has 0 bridgehead atoms. The minimum absolute atomic E-state index is 1.10. The quantitative estimate of drug-likeness (QED) is 0.579. The summed E-state index contributed by atoms with van der Waals surface area (Å²) in [5.41, 5.74) is 2.30. The Morgan fingerprint density at radius 3 is 2.36 bits per heavy atom. The van der Waals surface area contributed by atoms with Gasteiger partial charge in [0.15, 0.2) is 0 Å². The molecule has 0 radical (unpaired) electrons. The molecule has 1 aromatic rings. The monoisotopic (exact) mass is 266 g/mol. The van der Waals surface area contributed by atoms with Gasteiger partial charge in [-0.05, 0) is 0 Å². The van der Waals surface area contributed by atoms with Crippen LogP contribution in [0.15, 0.2) is 53.2 Å². The van der Waals surface area contributed by atoms with Crippen LogP contribution >= 0.6 is 15.9 Å². The molecule has 0 atom stereocenters. The van der Waals surface area contributed by atoms with Crippen LogP contribution in [0.25, 0.3) is 0 Å². The van der Waals surface area contributed by atoms with Crippen molar-refractivity contribution in [3.05, 3.63) is 53.2 Å². The van der Waals surface area contributed by atoms with Crippen LogP contribution in [0.4, 0.5) is 0 Å². The zero-order chi connectivity index (χ0) is 10.6. The van der Waals surface area contributed by atoms with Gasteiger partial charge in [0, 0.05) is 4.48 Å². The summed E-state index contributed by atoms with van der Waals surface area (Å²) in [6, 6.07) is 10.7. The van der Waals surface area contributed by atoms with Crippen LogP contribution < -0.4 is 5.19 Å².